The molecule has 1 amide bonds. The fourth-order valence-electron chi connectivity index (χ4n) is 4.42. The number of nitrogens with zero attached hydrogens (tertiary/aromatic N) is 5. The van der Waals surface area contributed by atoms with Crippen molar-refractivity contribution in [2.45, 2.75) is 44.1 Å². The van der Waals surface area contributed by atoms with Crippen LogP contribution in [0.3, 0.4) is 0 Å². The van der Waals surface area contributed by atoms with E-state index in [1.165, 1.54) is 12.8 Å². The fourth-order valence-corrected chi connectivity index (χ4v) is 4.42. The van der Waals surface area contributed by atoms with E-state index in [0.29, 0.717) is 42.8 Å². The molecule has 2 saturated heterocycles. The molecule has 6 rings (SSSR count). The summed E-state index contributed by atoms with van der Waals surface area (Å²) in [7, 11) is 0. The lowest BCUT2D eigenvalue weighted by atomic mass is 9.96. The van der Waals surface area contributed by atoms with Gasteiger partial charge in [-0.3, -0.25) is 9.48 Å². The average Bonchev–Trinajstić information content (AvgIpc) is 3.25. The van der Waals surface area contributed by atoms with Crippen molar-refractivity contribution in [1.29, 1.82) is 0 Å². The molecule has 156 valence electrons. The van der Waals surface area contributed by atoms with Gasteiger partial charge in [-0.1, -0.05) is 17.3 Å². The fraction of sp³-hybridized carbons (Fsp3) is 0.545. The summed E-state index contributed by atoms with van der Waals surface area (Å²) in [5.74, 6) is 2.46. The highest BCUT2D eigenvalue weighted by atomic mass is 16.5. The highest BCUT2D eigenvalue weighted by Crippen LogP contribution is 2.34. The molecule has 2 aliphatic heterocycles. The third-order valence-corrected chi connectivity index (χ3v) is 6.62. The summed E-state index contributed by atoms with van der Waals surface area (Å²) >= 11 is 0. The van der Waals surface area contributed by atoms with E-state index < -0.39 is 0 Å². The first-order chi connectivity index (χ1) is 14.7. The number of aromatic nitrogens is 4. The van der Waals surface area contributed by atoms with E-state index in [2.05, 4.69) is 16.3 Å². The number of fused-ring (bicyclic) bond motifs is 1. The molecule has 0 atom stereocenters. The lowest BCUT2D eigenvalue weighted by Crippen LogP contribution is -2.38. The Morgan fingerprint density at radius 2 is 1.97 bits per heavy atom. The van der Waals surface area contributed by atoms with E-state index in [-0.39, 0.29) is 5.92 Å². The number of likely N-dealkylation sites (tertiary alicyclic amines) is 1. The highest BCUT2D eigenvalue weighted by molar-refractivity contribution is 5.83. The predicted molar refractivity (Wildman–Crippen MR) is 109 cm³/mol. The van der Waals surface area contributed by atoms with Crippen LogP contribution in [0.2, 0.25) is 0 Å². The van der Waals surface area contributed by atoms with E-state index in [0.717, 1.165) is 48.8 Å². The van der Waals surface area contributed by atoms with Crippen LogP contribution in [-0.4, -0.2) is 57.0 Å². The summed E-state index contributed by atoms with van der Waals surface area (Å²) in [6, 6.07) is 6.44. The number of ether oxygens (including phenoxy) is 1. The Labute approximate surface area is 174 Å². The summed E-state index contributed by atoms with van der Waals surface area (Å²) < 4.78 is 13.0. The number of carbonyl (C=O) groups excluding carboxylic acids is 1. The van der Waals surface area contributed by atoms with E-state index in [1.54, 1.807) is 0 Å². The van der Waals surface area contributed by atoms with Gasteiger partial charge in [0.25, 0.3) is 0 Å². The second-order valence-corrected chi connectivity index (χ2v) is 8.81. The molecule has 0 radical (unpaired) electrons. The van der Waals surface area contributed by atoms with Crippen LogP contribution in [0.15, 0.2) is 28.9 Å². The lowest BCUT2D eigenvalue weighted by molar-refractivity contribution is -0.132. The summed E-state index contributed by atoms with van der Waals surface area (Å²) in [5, 5.41) is 9.85. The molecule has 1 aliphatic carbocycles. The summed E-state index contributed by atoms with van der Waals surface area (Å²) in [5.41, 5.74) is 1.99. The van der Waals surface area contributed by atoms with Crippen molar-refractivity contribution in [3.05, 3.63) is 30.3 Å². The zero-order valence-corrected chi connectivity index (χ0v) is 16.9. The minimum Gasteiger partial charge on any atom is -0.377 e. The molecule has 2 aromatic heterocycles. The number of rotatable bonds is 5. The summed E-state index contributed by atoms with van der Waals surface area (Å²) in [4.78, 5) is 19.0. The van der Waals surface area contributed by atoms with E-state index in [9.17, 15) is 4.79 Å². The van der Waals surface area contributed by atoms with Crippen LogP contribution < -0.4 is 0 Å². The molecule has 3 aromatic rings. The van der Waals surface area contributed by atoms with Gasteiger partial charge in [-0.25, -0.2) is 0 Å². The van der Waals surface area contributed by atoms with Gasteiger partial charge in [0.2, 0.25) is 17.6 Å². The molecule has 1 saturated carbocycles. The Balaban J connectivity index is 1.16. The minimum atomic E-state index is 0.220. The number of carbonyl (C=O) groups is 1. The molecular weight excluding hydrogens is 382 g/mol. The Bertz CT molecular complexity index is 1070. The third kappa shape index (κ3) is 3.29. The normalized spacial score (nSPS) is 20.6. The number of piperidine rings is 1. The molecule has 30 heavy (non-hydrogen) atoms. The Morgan fingerprint density at radius 1 is 1.13 bits per heavy atom. The minimum absolute atomic E-state index is 0.220. The molecular formula is C22H25N5O3. The van der Waals surface area contributed by atoms with E-state index >= 15 is 0 Å². The van der Waals surface area contributed by atoms with Gasteiger partial charge in [-0.2, -0.15) is 10.1 Å². The first kappa shape index (κ1) is 18.1. The topological polar surface area (TPSA) is 86.3 Å². The average molecular weight is 407 g/mol. The van der Waals surface area contributed by atoms with Gasteiger partial charge in [-0.05, 0) is 37.7 Å². The standard InChI is InChI=1S/C22H25N5O3/c28-20(9-14-1-2-14)26-7-5-15(6-8-26)22-24-21(25-30-22)16-3-4-17-11-23-27(19(17)10-16)18-12-29-13-18/h3-4,10-11,14-15,18H,1-2,5-9,12-13H2. The lowest BCUT2D eigenvalue weighted by Gasteiger charge is -2.30. The number of hydrogen-bond donors (Lipinski definition) is 0. The van der Waals surface area contributed by atoms with Gasteiger partial charge in [-0.15, -0.1) is 0 Å². The second kappa shape index (κ2) is 7.19. The Kier molecular flexibility index (Phi) is 4.33. The number of hydrogen-bond acceptors (Lipinski definition) is 6. The largest absolute Gasteiger partial charge is 0.377 e. The van der Waals surface area contributed by atoms with Gasteiger partial charge in [0, 0.05) is 36.4 Å². The molecule has 3 aliphatic rings. The van der Waals surface area contributed by atoms with E-state index in [4.69, 9.17) is 14.2 Å². The molecule has 8 nitrogen and oxygen atoms in total. The maximum atomic E-state index is 12.3. The molecule has 4 heterocycles. The smallest absolute Gasteiger partial charge is 0.230 e. The van der Waals surface area contributed by atoms with Crippen LogP contribution >= 0.6 is 0 Å². The Hall–Kier alpha value is -2.74. The molecule has 0 unspecified atom stereocenters. The SMILES string of the molecule is O=C(CC1CC1)N1CCC(c2nc(-c3ccc4cnn(C5COC5)c4c3)no2)CC1. The quantitative estimate of drug-likeness (QED) is 0.646. The number of benzene rings is 1. The second-order valence-electron chi connectivity index (χ2n) is 8.81. The van der Waals surface area contributed by atoms with Crippen molar-refractivity contribution in [2.24, 2.45) is 5.92 Å². The summed E-state index contributed by atoms with van der Waals surface area (Å²) in [6.45, 7) is 2.97. The summed E-state index contributed by atoms with van der Waals surface area (Å²) in [6.07, 6.45) is 6.80. The number of amides is 1. The van der Waals surface area contributed by atoms with Crippen molar-refractivity contribution in [3.8, 4) is 11.4 Å². The van der Waals surface area contributed by atoms with Crippen molar-refractivity contribution in [1.82, 2.24) is 24.8 Å². The highest BCUT2D eigenvalue weighted by Gasteiger charge is 2.31. The van der Waals surface area contributed by atoms with Crippen molar-refractivity contribution < 1.29 is 14.1 Å². The van der Waals surface area contributed by atoms with Gasteiger partial charge < -0.3 is 14.2 Å². The van der Waals surface area contributed by atoms with Crippen LogP contribution in [0.4, 0.5) is 0 Å². The molecule has 1 aromatic carbocycles. The molecule has 3 fully saturated rings. The van der Waals surface area contributed by atoms with Gasteiger partial charge in [0.15, 0.2) is 0 Å². The zero-order valence-electron chi connectivity index (χ0n) is 16.9. The van der Waals surface area contributed by atoms with Crippen LogP contribution in [0.1, 0.15) is 50.0 Å². The maximum absolute atomic E-state index is 12.3. The van der Waals surface area contributed by atoms with Crippen LogP contribution in [0.25, 0.3) is 22.3 Å². The van der Waals surface area contributed by atoms with Crippen LogP contribution in [-0.2, 0) is 9.53 Å². The molecule has 8 heteroatoms. The van der Waals surface area contributed by atoms with Crippen molar-refractivity contribution in [2.75, 3.05) is 26.3 Å². The molecule has 0 N–H and O–H groups in total. The predicted octanol–water partition coefficient (Wildman–Crippen LogP) is 3.16. The van der Waals surface area contributed by atoms with Gasteiger partial charge in [0.05, 0.1) is 31.0 Å². The third-order valence-electron chi connectivity index (χ3n) is 6.62. The molecule has 0 spiro atoms. The van der Waals surface area contributed by atoms with E-state index in [1.807, 2.05) is 27.9 Å². The van der Waals surface area contributed by atoms with Gasteiger partial charge in [0.1, 0.15) is 0 Å². The Morgan fingerprint density at radius 3 is 2.70 bits per heavy atom. The maximum Gasteiger partial charge on any atom is 0.230 e. The van der Waals surface area contributed by atoms with Gasteiger partial charge >= 0.3 is 0 Å². The zero-order chi connectivity index (χ0) is 20.1. The first-order valence-corrected chi connectivity index (χ1v) is 10.9. The molecule has 0 bridgehead atoms. The van der Waals surface area contributed by atoms with Crippen molar-refractivity contribution in [3.63, 3.8) is 0 Å². The van der Waals surface area contributed by atoms with Crippen LogP contribution in [0, 0.1) is 5.92 Å². The van der Waals surface area contributed by atoms with Crippen molar-refractivity contribution >= 4 is 16.8 Å². The monoisotopic (exact) mass is 407 g/mol. The van der Waals surface area contributed by atoms with Crippen LogP contribution in [0.5, 0.6) is 0 Å². The first-order valence-electron chi connectivity index (χ1n) is 10.9.